The van der Waals surface area contributed by atoms with E-state index < -0.39 is 11.4 Å². The zero-order valence-corrected chi connectivity index (χ0v) is 18.8. The first kappa shape index (κ1) is 21.3. The van der Waals surface area contributed by atoms with Gasteiger partial charge in [-0.15, -0.1) is 0 Å². The Kier molecular flexibility index (Phi) is 5.41. The Bertz CT molecular complexity index is 1260. The van der Waals surface area contributed by atoms with Crippen LogP contribution in [0, 0.1) is 5.41 Å². The largest absolute Gasteiger partial charge is 0.480 e. The van der Waals surface area contributed by atoms with E-state index in [0.29, 0.717) is 25.9 Å². The summed E-state index contributed by atoms with van der Waals surface area (Å²) in [4.78, 5) is 27.2. The summed E-state index contributed by atoms with van der Waals surface area (Å²) in [6.45, 7) is 3.10. The zero-order valence-electron chi connectivity index (χ0n) is 18.8. The maximum absolute atomic E-state index is 13.8. The molecule has 0 spiro atoms. The number of nitrogens with zero attached hydrogens (tertiary/aromatic N) is 2. The first-order valence-electron chi connectivity index (χ1n) is 11.6. The van der Waals surface area contributed by atoms with Gasteiger partial charge in [-0.3, -0.25) is 9.59 Å². The highest BCUT2D eigenvalue weighted by Crippen LogP contribution is 2.38. The van der Waals surface area contributed by atoms with Crippen LogP contribution in [0.4, 0.5) is 0 Å². The third kappa shape index (κ3) is 3.67. The first-order chi connectivity index (χ1) is 16.0. The lowest BCUT2D eigenvalue weighted by atomic mass is 9.76. The van der Waals surface area contributed by atoms with Gasteiger partial charge in [0.05, 0.1) is 5.41 Å². The van der Waals surface area contributed by atoms with Crippen molar-refractivity contribution in [3.63, 3.8) is 0 Å². The third-order valence-electron chi connectivity index (χ3n) is 7.11. The molecule has 168 valence electrons. The number of carbonyl (C=O) groups is 2. The maximum Gasteiger partial charge on any atom is 0.323 e. The van der Waals surface area contributed by atoms with Crippen LogP contribution in [0.3, 0.4) is 0 Å². The lowest BCUT2D eigenvalue weighted by Crippen LogP contribution is -2.45. The Morgan fingerprint density at radius 2 is 1.73 bits per heavy atom. The number of hydrogen-bond acceptors (Lipinski definition) is 2. The lowest BCUT2D eigenvalue weighted by Gasteiger charge is -2.37. The molecule has 0 radical (unpaired) electrons. The van der Waals surface area contributed by atoms with Crippen molar-refractivity contribution in [2.45, 2.75) is 38.8 Å². The van der Waals surface area contributed by atoms with E-state index in [-0.39, 0.29) is 18.4 Å². The van der Waals surface area contributed by atoms with Crippen LogP contribution in [0.2, 0.25) is 0 Å². The van der Waals surface area contributed by atoms with Gasteiger partial charge in [0.1, 0.15) is 6.54 Å². The molecule has 1 N–H and O–H groups in total. The summed E-state index contributed by atoms with van der Waals surface area (Å²) >= 11 is 0. The molecule has 0 atom stereocenters. The average Bonchev–Trinajstić information content (AvgIpc) is 3.16. The molecule has 1 aliphatic heterocycles. The first-order valence-corrected chi connectivity index (χ1v) is 11.6. The summed E-state index contributed by atoms with van der Waals surface area (Å²) in [7, 11) is 0. The third-order valence-corrected chi connectivity index (χ3v) is 7.11. The molecule has 0 fully saturated rings. The number of rotatable bonds is 5. The van der Waals surface area contributed by atoms with Crippen molar-refractivity contribution < 1.29 is 14.7 Å². The molecule has 1 aliphatic carbocycles. The second-order valence-electron chi connectivity index (χ2n) is 8.95. The number of para-hydroxylation sites is 1. The molecule has 0 unspecified atom stereocenters. The molecule has 0 saturated heterocycles. The van der Waals surface area contributed by atoms with E-state index in [2.05, 4.69) is 43.4 Å². The standard InChI is InChI=1S/C28H28N2O3/c1-2-28(15-12-21(13-16-28)20-8-4-3-5-9-20)27(33)29-17-14-25-23(18-29)22-10-6-7-11-24(22)30(25)19-26(31)32/h3-13,15-16,21H,2,14,17-19H2,1H3,(H,31,32). The molecule has 1 aromatic heterocycles. The van der Waals surface area contributed by atoms with Crippen molar-refractivity contribution in [2.75, 3.05) is 6.54 Å². The number of carboxylic acids is 1. The van der Waals surface area contributed by atoms with Crippen LogP contribution in [-0.4, -0.2) is 33.0 Å². The monoisotopic (exact) mass is 440 g/mol. The highest BCUT2D eigenvalue weighted by Gasteiger charge is 2.39. The van der Waals surface area contributed by atoms with Crippen molar-refractivity contribution in [3.8, 4) is 0 Å². The normalized spacial score (nSPS) is 21.8. The highest BCUT2D eigenvalue weighted by molar-refractivity contribution is 5.90. The number of aromatic nitrogens is 1. The maximum atomic E-state index is 13.8. The van der Waals surface area contributed by atoms with Crippen LogP contribution in [0.15, 0.2) is 78.9 Å². The Morgan fingerprint density at radius 3 is 2.42 bits per heavy atom. The number of carboxylic acid groups (broad SMARTS) is 1. The molecule has 2 aromatic carbocycles. The van der Waals surface area contributed by atoms with Crippen LogP contribution in [0.1, 0.15) is 36.1 Å². The Labute approximate surface area is 193 Å². The molecule has 3 aromatic rings. The van der Waals surface area contributed by atoms with Gasteiger partial charge in [0.2, 0.25) is 5.91 Å². The van der Waals surface area contributed by atoms with Gasteiger partial charge in [-0.1, -0.05) is 79.8 Å². The second kappa shape index (κ2) is 8.39. The zero-order chi connectivity index (χ0) is 23.0. The van der Waals surface area contributed by atoms with Crippen molar-refractivity contribution in [3.05, 3.63) is 95.7 Å². The Balaban J connectivity index is 1.43. The highest BCUT2D eigenvalue weighted by atomic mass is 16.4. The predicted octanol–water partition coefficient (Wildman–Crippen LogP) is 4.92. The summed E-state index contributed by atoms with van der Waals surface area (Å²) in [6, 6.07) is 18.2. The minimum Gasteiger partial charge on any atom is -0.480 e. The Morgan fingerprint density at radius 1 is 1.03 bits per heavy atom. The molecule has 0 bridgehead atoms. The summed E-state index contributed by atoms with van der Waals surface area (Å²) in [5.41, 5.74) is 3.61. The summed E-state index contributed by atoms with van der Waals surface area (Å²) in [6.07, 6.45) is 9.80. The van der Waals surface area contributed by atoms with E-state index in [9.17, 15) is 14.7 Å². The molecule has 33 heavy (non-hydrogen) atoms. The van der Waals surface area contributed by atoms with E-state index in [1.165, 1.54) is 5.56 Å². The van der Waals surface area contributed by atoms with E-state index in [4.69, 9.17) is 0 Å². The predicted molar refractivity (Wildman–Crippen MR) is 129 cm³/mol. The smallest absolute Gasteiger partial charge is 0.323 e. The minimum absolute atomic E-state index is 0.0605. The van der Waals surface area contributed by atoms with Crippen molar-refractivity contribution in [1.82, 2.24) is 9.47 Å². The van der Waals surface area contributed by atoms with E-state index in [0.717, 1.165) is 22.2 Å². The number of allylic oxidation sites excluding steroid dienone is 2. The fraction of sp³-hybridized carbons (Fsp3) is 0.286. The summed E-state index contributed by atoms with van der Waals surface area (Å²) < 4.78 is 1.90. The molecule has 2 heterocycles. The number of benzene rings is 2. The van der Waals surface area contributed by atoms with Crippen molar-refractivity contribution in [1.29, 1.82) is 0 Å². The number of hydrogen-bond donors (Lipinski definition) is 1. The SMILES string of the molecule is CCC1(C(=O)N2CCc3c(c4ccccc4n3CC(=O)O)C2)C=CC(c2ccccc2)C=C1. The minimum atomic E-state index is -0.854. The van der Waals surface area contributed by atoms with Gasteiger partial charge < -0.3 is 14.6 Å². The number of amides is 1. The molecular formula is C28H28N2O3. The van der Waals surface area contributed by atoms with Crippen LogP contribution in [0.25, 0.3) is 10.9 Å². The van der Waals surface area contributed by atoms with Crippen LogP contribution >= 0.6 is 0 Å². The van der Waals surface area contributed by atoms with Gasteiger partial charge in [-0.25, -0.2) is 0 Å². The van der Waals surface area contributed by atoms with Gasteiger partial charge in [0, 0.05) is 47.6 Å². The lowest BCUT2D eigenvalue weighted by molar-refractivity contribution is -0.139. The van der Waals surface area contributed by atoms with Gasteiger partial charge in [-0.2, -0.15) is 0 Å². The second-order valence-corrected chi connectivity index (χ2v) is 8.95. The summed E-state index contributed by atoms with van der Waals surface area (Å²) in [5.74, 6) is -0.558. The summed E-state index contributed by atoms with van der Waals surface area (Å²) in [5, 5.41) is 10.5. The molecule has 5 nitrogen and oxygen atoms in total. The number of fused-ring (bicyclic) bond motifs is 3. The Hall–Kier alpha value is -3.60. The van der Waals surface area contributed by atoms with E-state index in [1.54, 1.807) is 0 Å². The van der Waals surface area contributed by atoms with Crippen LogP contribution in [-0.2, 0) is 29.1 Å². The molecule has 2 aliphatic rings. The van der Waals surface area contributed by atoms with Gasteiger partial charge in [-0.05, 0) is 18.1 Å². The van der Waals surface area contributed by atoms with Gasteiger partial charge in [0.15, 0.2) is 0 Å². The van der Waals surface area contributed by atoms with Crippen molar-refractivity contribution in [2.24, 2.45) is 5.41 Å². The molecule has 0 saturated carbocycles. The number of aliphatic carboxylic acids is 1. The molecule has 1 amide bonds. The quantitative estimate of drug-likeness (QED) is 0.573. The van der Waals surface area contributed by atoms with E-state index in [1.807, 2.05) is 51.9 Å². The average molecular weight is 441 g/mol. The fourth-order valence-electron chi connectivity index (χ4n) is 5.28. The molecular weight excluding hydrogens is 412 g/mol. The van der Waals surface area contributed by atoms with Crippen LogP contribution < -0.4 is 0 Å². The topological polar surface area (TPSA) is 62.5 Å². The van der Waals surface area contributed by atoms with Crippen LogP contribution in [0.5, 0.6) is 0 Å². The number of carbonyl (C=O) groups excluding carboxylic acids is 1. The molecule has 5 heteroatoms. The fourth-order valence-corrected chi connectivity index (χ4v) is 5.28. The molecule has 5 rings (SSSR count). The van der Waals surface area contributed by atoms with Gasteiger partial charge in [0.25, 0.3) is 0 Å². The van der Waals surface area contributed by atoms with E-state index >= 15 is 0 Å². The van der Waals surface area contributed by atoms with Gasteiger partial charge >= 0.3 is 5.97 Å². The van der Waals surface area contributed by atoms with Crippen molar-refractivity contribution >= 4 is 22.8 Å².